The highest BCUT2D eigenvalue weighted by Crippen LogP contribution is 2.27. The quantitative estimate of drug-likeness (QED) is 0.909. The van der Waals surface area contributed by atoms with E-state index in [1.807, 2.05) is 24.8 Å². The van der Waals surface area contributed by atoms with Gasteiger partial charge in [-0.2, -0.15) is 5.10 Å². The van der Waals surface area contributed by atoms with Gasteiger partial charge in [0, 0.05) is 6.54 Å². The van der Waals surface area contributed by atoms with Crippen LogP contribution in [0.5, 0.6) is 0 Å². The number of benzene rings is 1. The average molecular weight is 341 g/mol. The highest BCUT2D eigenvalue weighted by atomic mass is 79.9. The highest BCUT2D eigenvalue weighted by molar-refractivity contribution is 9.10. The van der Waals surface area contributed by atoms with Crippen LogP contribution in [0.3, 0.4) is 0 Å². The first kappa shape index (κ1) is 15.2. The molecule has 1 aromatic carbocycles. The van der Waals surface area contributed by atoms with Crippen LogP contribution in [0.4, 0.5) is 4.39 Å². The number of likely N-dealkylation sites (N-methyl/N-ethyl adjacent to an activating group) is 1. The van der Waals surface area contributed by atoms with Crippen LogP contribution in [-0.2, 0) is 6.54 Å². The van der Waals surface area contributed by atoms with Crippen molar-refractivity contribution >= 4 is 15.9 Å². The van der Waals surface area contributed by atoms with Crippen LogP contribution >= 0.6 is 15.9 Å². The maximum atomic E-state index is 13.3. The summed E-state index contributed by atoms with van der Waals surface area (Å²) in [7, 11) is 4.01. The summed E-state index contributed by atoms with van der Waals surface area (Å²) in [4.78, 5) is 2.08. The molecular formula is C14H18BrFN4. The minimum absolute atomic E-state index is 0.284. The molecule has 20 heavy (non-hydrogen) atoms. The summed E-state index contributed by atoms with van der Waals surface area (Å²) in [6.07, 6.45) is 1.73. The lowest BCUT2D eigenvalue weighted by atomic mass is 10.0. The molecule has 2 aromatic rings. The first-order valence-corrected chi connectivity index (χ1v) is 7.15. The van der Waals surface area contributed by atoms with Crippen molar-refractivity contribution in [1.82, 2.24) is 14.7 Å². The van der Waals surface area contributed by atoms with Crippen LogP contribution in [0.1, 0.15) is 17.3 Å². The molecule has 2 N–H and O–H groups in total. The second kappa shape index (κ2) is 6.47. The molecule has 2 rings (SSSR count). The topological polar surface area (TPSA) is 47.1 Å². The molecule has 1 aromatic heterocycles. The van der Waals surface area contributed by atoms with Gasteiger partial charge in [-0.05, 0) is 47.7 Å². The first-order chi connectivity index (χ1) is 9.49. The molecule has 1 heterocycles. The van der Waals surface area contributed by atoms with Crippen molar-refractivity contribution in [2.24, 2.45) is 5.73 Å². The van der Waals surface area contributed by atoms with Gasteiger partial charge in [-0.1, -0.05) is 12.1 Å². The van der Waals surface area contributed by atoms with Gasteiger partial charge in [0.2, 0.25) is 0 Å². The predicted octanol–water partition coefficient (Wildman–Crippen LogP) is 2.39. The van der Waals surface area contributed by atoms with E-state index in [0.717, 1.165) is 28.8 Å². The normalized spacial score (nSPS) is 12.9. The maximum absolute atomic E-state index is 13.3. The Morgan fingerprint density at radius 3 is 2.85 bits per heavy atom. The molecule has 108 valence electrons. The third-order valence-corrected chi connectivity index (χ3v) is 3.71. The van der Waals surface area contributed by atoms with Gasteiger partial charge in [-0.25, -0.2) is 4.39 Å². The summed E-state index contributed by atoms with van der Waals surface area (Å²) in [5.41, 5.74) is 7.86. The Bertz CT molecular complexity index is 582. The molecule has 0 aliphatic rings. The Kier molecular flexibility index (Phi) is 4.91. The average Bonchev–Trinajstić information content (AvgIpc) is 2.76. The van der Waals surface area contributed by atoms with Crippen LogP contribution in [0.15, 0.2) is 34.9 Å². The second-order valence-electron chi connectivity index (χ2n) is 4.94. The lowest BCUT2D eigenvalue weighted by Gasteiger charge is -2.17. The number of nitrogens with two attached hydrogens (primary N) is 1. The number of nitrogens with zero attached hydrogens (tertiary/aromatic N) is 3. The molecule has 0 spiro atoms. The van der Waals surface area contributed by atoms with Crippen LogP contribution in [0.2, 0.25) is 0 Å². The van der Waals surface area contributed by atoms with Crippen LogP contribution in [0.25, 0.3) is 0 Å². The first-order valence-electron chi connectivity index (χ1n) is 6.36. The minimum Gasteiger partial charge on any atom is -0.319 e. The Morgan fingerprint density at radius 2 is 2.20 bits per heavy atom. The van der Waals surface area contributed by atoms with Gasteiger partial charge in [0.15, 0.2) is 0 Å². The van der Waals surface area contributed by atoms with Crippen molar-refractivity contribution in [2.45, 2.75) is 12.6 Å². The third kappa shape index (κ3) is 3.45. The molecule has 0 aliphatic heterocycles. The van der Waals surface area contributed by atoms with Gasteiger partial charge in [0.05, 0.1) is 29.0 Å². The van der Waals surface area contributed by atoms with E-state index in [1.54, 1.807) is 12.3 Å². The predicted molar refractivity (Wildman–Crippen MR) is 80.9 cm³/mol. The molecule has 0 radical (unpaired) electrons. The smallest absolute Gasteiger partial charge is 0.123 e. The van der Waals surface area contributed by atoms with Gasteiger partial charge >= 0.3 is 0 Å². The van der Waals surface area contributed by atoms with E-state index < -0.39 is 6.04 Å². The SMILES string of the molecule is CN(C)CCn1ncc(Br)c1C(N)c1cccc(F)c1. The van der Waals surface area contributed by atoms with Gasteiger partial charge in [0.25, 0.3) is 0 Å². The van der Waals surface area contributed by atoms with E-state index in [0.29, 0.717) is 0 Å². The Balaban J connectivity index is 2.29. The Hall–Kier alpha value is -1.24. The summed E-state index contributed by atoms with van der Waals surface area (Å²) >= 11 is 3.47. The number of aromatic nitrogens is 2. The molecule has 0 saturated heterocycles. The number of halogens is 2. The van der Waals surface area contributed by atoms with E-state index in [-0.39, 0.29) is 5.82 Å². The monoisotopic (exact) mass is 340 g/mol. The Labute approximate surface area is 126 Å². The molecular weight excluding hydrogens is 323 g/mol. The standard InChI is InChI=1S/C14H18BrFN4/c1-19(2)6-7-20-14(12(15)9-18-20)13(17)10-4-3-5-11(16)8-10/h3-5,8-9,13H,6-7,17H2,1-2H3. The molecule has 0 saturated carbocycles. The van der Waals surface area contributed by atoms with Crippen molar-refractivity contribution in [3.05, 3.63) is 52.0 Å². The summed E-state index contributed by atoms with van der Waals surface area (Å²) in [6.45, 7) is 1.59. The van der Waals surface area contributed by atoms with Crippen molar-refractivity contribution in [1.29, 1.82) is 0 Å². The molecule has 0 amide bonds. The van der Waals surface area contributed by atoms with Crippen molar-refractivity contribution in [3.8, 4) is 0 Å². The zero-order chi connectivity index (χ0) is 14.7. The van der Waals surface area contributed by atoms with Crippen molar-refractivity contribution in [3.63, 3.8) is 0 Å². The summed E-state index contributed by atoms with van der Waals surface area (Å²) in [6, 6.07) is 5.95. The highest BCUT2D eigenvalue weighted by Gasteiger charge is 2.18. The van der Waals surface area contributed by atoms with Crippen molar-refractivity contribution in [2.75, 3.05) is 20.6 Å². The summed E-state index contributed by atoms with van der Waals surface area (Å²) < 4.78 is 16.0. The number of rotatable bonds is 5. The fourth-order valence-electron chi connectivity index (χ4n) is 2.01. The largest absolute Gasteiger partial charge is 0.319 e. The third-order valence-electron chi connectivity index (χ3n) is 3.09. The zero-order valence-electron chi connectivity index (χ0n) is 11.6. The molecule has 0 bridgehead atoms. The lowest BCUT2D eigenvalue weighted by molar-refractivity contribution is 0.368. The lowest BCUT2D eigenvalue weighted by Crippen LogP contribution is -2.23. The summed E-state index contributed by atoms with van der Waals surface area (Å²) in [5.74, 6) is -0.284. The molecule has 6 heteroatoms. The minimum atomic E-state index is -0.412. The fourth-order valence-corrected chi connectivity index (χ4v) is 2.55. The van der Waals surface area contributed by atoms with Gasteiger partial charge in [-0.3, -0.25) is 4.68 Å². The van der Waals surface area contributed by atoms with E-state index in [1.165, 1.54) is 12.1 Å². The van der Waals surface area contributed by atoms with E-state index in [9.17, 15) is 4.39 Å². The molecule has 4 nitrogen and oxygen atoms in total. The molecule has 1 atom stereocenters. The fraction of sp³-hybridized carbons (Fsp3) is 0.357. The van der Waals surface area contributed by atoms with E-state index in [2.05, 4.69) is 25.9 Å². The van der Waals surface area contributed by atoms with E-state index in [4.69, 9.17) is 5.73 Å². The summed E-state index contributed by atoms with van der Waals surface area (Å²) in [5, 5.41) is 4.33. The van der Waals surface area contributed by atoms with Crippen LogP contribution in [0, 0.1) is 5.82 Å². The van der Waals surface area contributed by atoms with Gasteiger partial charge in [-0.15, -0.1) is 0 Å². The van der Waals surface area contributed by atoms with E-state index >= 15 is 0 Å². The maximum Gasteiger partial charge on any atom is 0.123 e. The second-order valence-corrected chi connectivity index (χ2v) is 5.79. The Morgan fingerprint density at radius 1 is 1.45 bits per heavy atom. The van der Waals surface area contributed by atoms with Gasteiger partial charge < -0.3 is 10.6 Å². The molecule has 1 unspecified atom stereocenters. The van der Waals surface area contributed by atoms with Crippen LogP contribution in [-0.4, -0.2) is 35.3 Å². The molecule has 0 aliphatic carbocycles. The van der Waals surface area contributed by atoms with Gasteiger partial charge in [0.1, 0.15) is 5.82 Å². The number of hydrogen-bond donors (Lipinski definition) is 1. The van der Waals surface area contributed by atoms with Crippen LogP contribution < -0.4 is 5.73 Å². The zero-order valence-corrected chi connectivity index (χ0v) is 13.1. The van der Waals surface area contributed by atoms with Crippen molar-refractivity contribution < 1.29 is 4.39 Å². The number of hydrogen-bond acceptors (Lipinski definition) is 3. The molecule has 0 fully saturated rings.